The highest BCUT2D eigenvalue weighted by atomic mass is 16.6. The van der Waals surface area contributed by atoms with Gasteiger partial charge in [-0.15, -0.1) is 0 Å². The maximum atomic E-state index is 10.5. The van der Waals surface area contributed by atoms with Crippen LogP contribution in [0.15, 0.2) is 0 Å². The third-order valence-electron chi connectivity index (χ3n) is 1.48. The molecule has 0 aromatic rings. The van der Waals surface area contributed by atoms with Gasteiger partial charge in [0.15, 0.2) is 0 Å². The van der Waals surface area contributed by atoms with Crippen molar-refractivity contribution in [1.29, 1.82) is 0 Å². The molecule has 72 valence electrons. The van der Waals surface area contributed by atoms with Crippen molar-refractivity contribution in [3.05, 3.63) is 0 Å². The van der Waals surface area contributed by atoms with Gasteiger partial charge in [0.2, 0.25) is 0 Å². The first-order valence-corrected chi connectivity index (χ1v) is 4.63. The van der Waals surface area contributed by atoms with Crippen molar-refractivity contribution in [2.45, 2.75) is 40.2 Å². The van der Waals surface area contributed by atoms with Gasteiger partial charge in [0.25, 0.3) is 0 Å². The van der Waals surface area contributed by atoms with Crippen molar-refractivity contribution in [3.8, 4) is 0 Å². The molecule has 1 N–H and O–H groups in total. The SMILES string of the molecule is CC.CC(C)CC1CNC(=O)O1. The Morgan fingerprint density at radius 3 is 2.50 bits per heavy atom. The van der Waals surface area contributed by atoms with E-state index in [1.807, 2.05) is 13.8 Å². The van der Waals surface area contributed by atoms with E-state index < -0.39 is 0 Å². The second kappa shape index (κ2) is 5.86. The van der Waals surface area contributed by atoms with Crippen LogP contribution in [-0.2, 0) is 4.74 Å². The van der Waals surface area contributed by atoms with E-state index in [4.69, 9.17) is 4.74 Å². The van der Waals surface area contributed by atoms with Gasteiger partial charge in [0, 0.05) is 0 Å². The van der Waals surface area contributed by atoms with E-state index in [0.29, 0.717) is 12.5 Å². The summed E-state index contributed by atoms with van der Waals surface area (Å²) in [4.78, 5) is 10.5. The van der Waals surface area contributed by atoms with Crippen LogP contribution < -0.4 is 5.32 Å². The van der Waals surface area contributed by atoms with Gasteiger partial charge in [-0.1, -0.05) is 27.7 Å². The van der Waals surface area contributed by atoms with Crippen molar-refractivity contribution in [3.63, 3.8) is 0 Å². The Morgan fingerprint density at radius 1 is 1.58 bits per heavy atom. The molecule has 1 aliphatic rings. The molecule has 1 rings (SSSR count). The molecule has 3 nitrogen and oxygen atoms in total. The van der Waals surface area contributed by atoms with Crippen LogP contribution in [0.25, 0.3) is 0 Å². The van der Waals surface area contributed by atoms with Gasteiger partial charge in [-0.2, -0.15) is 0 Å². The van der Waals surface area contributed by atoms with Crippen LogP contribution in [0.2, 0.25) is 0 Å². The van der Waals surface area contributed by atoms with Gasteiger partial charge in [0.05, 0.1) is 6.54 Å². The summed E-state index contributed by atoms with van der Waals surface area (Å²) >= 11 is 0. The van der Waals surface area contributed by atoms with Gasteiger partial charge in [0.1, 0.15) is 6.10 Å². The fourth-order valence-corrected chi connectivity index (χ4v) is 1.09. The second-order valence-electron chi connectivity index (χ2n) is 3.04. The molecular weight excluding hydrogens is 154 g/mol. The summed E-state index contributed by atoms with van der Waals surface area (Å²) < 4.78 is 4.92. The molecule has 0 saturated carbocycles. The normalized spacial score (nSPS) is 21.1. The molecule has 1 unspecified atom stereocenters. The molecule has 1 fully saturated rings. The van der Waals surface area contributed by atoms with Crippen LogP contribution in [0.1, 0.15) is 34.1 Å². The first-order chi connectivity index (χ1) is 5.68. The number of cyclic esters (lactones) is 1. The third-order valence-corrected chi connectivity index (χ3v) is 1.48. The number of hydrogen-bond acceptors (Lipinski definition) is 2. The Labute approximate surface area is 74.5 Å². The Hall–Kier alpha value is -0.730. The van der Waals surface area contributed by atoms with E-state index >= 15 is 0 Å². The van der Waals surface area contributed by atoms with Crippen LogP contribution in [-0.4, -0.2) is 18.7 Å². The number of alkyl carbamates (subject to hydrolysis) is 1. The number of ether oxygens (including phenoxy) is 1. The van der Waals surface area contributed by atoms with Crippen molar-refractivity contribution >= 4 is 6.09 Å². The molecule has 0 radical (unpaired) electrons. The quantitative estimate of drug-likeness (QED) is 0.695. The van der Waals surface area contributed by atoms with Crippen LogP contribution in [0.5, 0.6) is 0 Å². The van der Waals surface area contributed by atoms with Crippen molar-refractivity contribution in [2.75, 3.05) is 6.54 Å². The summed E-state index contributed by atoms with van der Waals surface area (Å²) in [6, 6.07) is 0. The third kappa shape index (κ3) is 4.21. The molecule has 0 bridgehead atoms. The molecule has 0 aromatic heterocycles. The monoisotopic (exact) mass is 173 g/mol. The zero-order valence-corrected chi connectivity index (χ0v) is 8.39. The number of carbonyl (C=O) groups is 1. The number of nitrogens with one attached hydrogen (secondary N) is 1. The lowest BCUT2D eigenvalue weighted by Crippen LogP contribution is -2.16. The Bertz CT molecular complexity index is 134. The minimum Gasteiger partial charge on any atom is -0.444 e. The summed E-state index contributed by atoms with van der Waals surface area (Å²) in [5.74, 6) is 0.595. The number of rotatable bonds is 2. The minimum absolute atomic E-state index is 0.104. The summed E-state index contributed by atoms with van der Waals surface area (Å²) in [6.45, 7) is 8.91. The van der Waals surface area contributed by atoms with Crippen molar-refractivity contribution < 1.29 is 9.53 Å². The number of carbonyl (C=O) groups excluding carboxylic acids is 1. The Balaban J connectivity index is 0.000000561. The summed E-state index contributed by atoms with van der Waals surface area (Å²) in [5.41, 5.74) is 0. The Kier molecular flexibility index (Phi) is 5.51. The number of hydrogen-bond donors (Lipinski definition) is 1. The molecule has 0 spiro atoms. The van der Waals surface area contributed by atoms with Crippen LogP contribution in [0.3, 0.4) is 0 Å². The molecule has 12 heavy (non-hydrogen) atoms. The van der Waals surface area contributed by atoms with E-state index in [0.717, 1.165) is 6.42 Å². The zero-order valence-electron chi connectivity index (χ0n) is 8.39. The topological polar surface area (TPSA) is 38.3 Å². The van der Waals surface area contributed by atoms with Crippen molar-refractivity contribution in [2.24, 2.45) is 5.92 Å². The highest BCUT2D eigenvalue weighted by Gasteiger charge is 2.22. The molecule has 0 aliphatic carbocycles. The van der Waals surface area contributed by atoms with E-state index in [9.17, 15) is 4.79 Å². The zero-order chi connectivity index (χ0) is 9.56. The molecule has 1 heterocycles. The predicted molar refractivity (Wildman–Crippen MR) is 49.1 cm³/mol. The molecule has 3 heteroatoms. The molecule has 1 saturated heterocycles. The molecular formula is C9H19NO2. The highest BCUT2D eigenvalue weighted by molar-refractivity contribution is 5.69. The highest BCUT2D eigenvalue weighted by Crippen LogP contribution is 2.10. The van der Waals surface area contributed by atoms with E-state index in [1.54, 1.807) is 0 Å². The predicted octanol–water partition coefficient (Wildman–Crippen LogP) is 2.17. The molecule has 1 atom stereocenters. The van der Waals surface area contributed by atoms with Crippen LogP contribution in [0, 0.1) is 5.92 Å². The molecule has 1 aliphatic heterocycles. The Morgan fingerprint density at radius 2 is 2.17 bits per heavy atom. The second-order valence-corrected chi connectivity index (χ2v) is 3.04. The maximum Gasteiger partial charge on any atom is 0.407 e. The smallest absolute Gasteiger partial charge is 0.407 e. The lowest BCUT2D eigenvalue weighted by molar-refractivity contribution is 0.128. The minimum atomic E-state index is -0.273. The first-order valence-electron chi connectivity index (χ1n) is 4.63. The van der Waals surface area contributed by atoms with Gasteiger partial charge in [-0.05, 0) is 12.3 Å². The van der Waals surface area contributed by atoms with E-state index in [2.05, 4.69) is 19.2 Å². The summed E-state index contributed by atoms with van der Waals surface area (Å²) in [5, 5.41) is 2.61. The van der Waals surface area contributed by atoms with Gasteiger partial charge < -0.3 is 10.1 Å². The standard InChI is InChI=1S/C7H13NO2.C2H6/c1-5(2)3-6-4-8-7(9)10-6;1-2/h5-6H,3-4H2,1-2H3,(H,8,9);1-2H3. The van der Waals surface area contributed by atoms with Gasteiger partial charge >= 0.3 is 6.09 Å². The average Bonchev–Trinajstić information content (AvgIpc) is 2.39. The number of amides is 1. The lowest BCUT2D eigenvalue weighted by Gasteiger charge is -2.08. The van der Waals surface area contributed by atoms with Gasteiger partial charge in [-0.3, -0.25) is 0 Å². The molecule has 1 amide bonds. The summed E-state index contributed by atoms with van der Waals surface area (Å²) in [6.07, 6.45) is 0.789. The van der Waals surface area contributed by atoms with Gasteiger partial charge in [-0.25, -0.2) is 4.79 Å². The fraction of sp³-hybridized carbons (Fsp3) is 0.889. The largest absolute Gasteiger partial charge is 0.444 e. The summed E-state index contributed by atoms with van der Waals surface area (Å²) in [7, 11) is 0. The molecule has 0 aromatic carbocycles. The van der Waals surface area contributed by atoms with Crippen molar-refractivity contribution in [1.82, 2.24) is 5.32 Å². The maximum absolute atomic E-state index is 10.5. The van der Waals surface area contributed by atoms with E-state index in [-0.39, 0.29) is 12.2 Å². The van der Waals surface area contributed by atoms with E-state index in [1.165, 1.54) is 0 Å². The first kappa shape index (κ1) is 11.3. The fourth-order valence-electron chi connectivity index (χ4n) is 1.09. The van der Waals surface area contributed by atoms with Crippen LogP contribution >= 0.6 is 0 Å². The van der Waals surface area contributed by atoms with Crippen LogP contribution in [0.4, 0.5) is 4.79 Å². The average molecular weight is 173 g/mol. The lowest BCUT2D eigenvalue weighted by atomic mass is 10.1.